The van der Waals surface area contributed by atoms with E-state index in [1.807, 2.05) is 24.3 Å². The number of rotatable bonds is 7. The van der Waals surface area contributed by atoms with Gasteiger partial charge in [0.15, 0.2) is 28.5 Å². The summed E-state index contributed by atoms with van der Waals surface area (Å²) in [5, 5.41) is 7.89. The van der Waals surface area contributed by atoms with Crippen molar-refractivity contribution in [1.82, 2.24) is 10.2 Å². The Labute approximate surface area is 147 Å². The van der Waals surface area contributed by atoms with Gasteiger partial charge in [-0.2, -0.15) is 0 Å². The summed E-state index contributed by atoms with van der Waals surface area (Å²) in [5.41, 5.74) is 1.10. The summed E-state index contributed by atoms with van der Waals surface area (Å²) >= 11 is 3.23. The summed E-state index contributed by atoms with van der Waals surface area (Å²) in [5.74, 6) is 2.38. The van der Waals surface area contributed by atoms with Gasteiger partial charge in [0, 0.05) is 0 Å². The highest BCUT2D eigenvalue weighted by molar-refractivity contribution is 9.10. The molecule has 0 amide bonds. The molecule has 7 heteroatoms. The van der Waals surface area contributed by atoms with Crippen LogP contribution in [0.5, 0.6) is 11.5 Å². The van der Waals surface area contributed by atoms with Crippen LogP contribution >= 0.6 is 15.9 Å². The van der Waals surface area contributed by atoms with Crippen molar-refractivity contribution in [3.63, 3.8) is 0 Å². The monoisotopic (exact) mass is 390 g/mol. The minimum absolute atomic E-state index is 0.131. The van der Waals surface area contributed by atoms with Crippen molar-refractivity contribution in [1.29, 1.82) is 0 Å². The lowest BCUT2D eigenvalue weighted by atomic mass is 10.1. The van der Waals surface area contributed by atoms with E-state index >= 15 is 0 Å². The van der Waals surface area contributed by atoms with Crippen molar-refractivity contribution in [2.75, 3.05) is 7.11 Å². The van der Waals surface area contributed by atoms with Gasteiger partial charge in [0.05, 0.1) is 7.11 Å². The molecule has 0 spiro atoms. The van der Waals surface area contributed by atoms with E-state index in [-0.39, 0.29) is 6.61 Å². The molecule has 0 saturated carbocycles. The molecule has 124 valence electrons. The number of ether oxygens (including phenoxy) is 2. The Morgan fingerprint density at radius 3 is 2.75 bits per heavy atom. The lowest BCUT2D eigenvalue weighted by Gasteiger charge is -2.10. The first-order chi connectivity index (χ1) is 11.7. The zero-order chi connectivity index (χ0) is 16.9. The Hall–Kier alpha value is -2.54. The molecule has 3 rings (SSSR count). The highest BCUT2D eigenvalue weighted by Crippen LogP contribution is 2.29. The fourth-order valence-corrected chi connectivity index (χ4v) is 2.41. The standard InChI is InChI=1S/C17H15BrN2O4/c1-3-4-11-5-6-12(14(9-11)21-2)22-10-16-19-20-17(24-16)13-7-8-15(18)23-13/h3,5-9H,1,4,10H2,2H3. The Morgan fingerprint density at radius 2 is 2.04 bits per heavy atom. The molecule has 0 aliphatic heterocycles. The minimum atomic E-state index is 0.131. The third kappa shape index (κ3) is 3.68. The van der Waals surface area contributed by atoms with Crippen molar-refractivity contribution < 1.29 is 18.3 Å². The van der Waals surface area contributed by atoms with Crippen LogP contribution in [0.4, 0.5) is 0 Å². The van der Waals surface area contributed by atoms with Crippen molar-refractivity contribution >= 4 is 15.9 Å². The number of hydrogen-bond acceptors (Lipinski definition) is 6. The number of aromatic nitrogens is 2. The van der Waals surface area contributed by atoms with Gasteiger partial charge in [-0.25, -0.2) is 0 Å². The van der Waals surface area contributed by atoms with Crippen molar-refractivity contribution in [2.45, 2.75) is 13.0 Å². The molecule has 3 aromatic rings. The maximum Gasteiger partial charge on any atom is 0.283 e. The van der Waals surface area contributed by atoms with Gasteiger partial charge in [-0.3, -0.25) is 0 Å². The normalized spacial score (nSPS) is 10.6. The number of benzene rings is 1. The molecule has 0 radical (unpaired) electrons. The Balaban J connectivity index is 1.69. The number of nitrogens with zero attached hydrogens (tertiary/aromatic N) is 2. The molecule has 2 aromatic heterocycles. The second kappa shape index (κ2) is 7.35. The minimum Gasteiger partial charge on any atom is -0.493 e. The van der Waals surface area contributed by atoms with Gasteiger partial charge in [-0.1, -0.05) is 12.1 Å². The number of allylic oxidation sites excluding steroid dienone is 1. The average Bonchev–Trinajstić information content (AvgIpc) is 3.22. The lowest BCUT2D eigenvalue weighted by Crippen LogP contribution is -1.98. The SMILES string of the molecule is C=CCc1ccc(OCc2nnc(-c3ccc(Br)o3)o2)c(OC)c1. The van der Waals surface area contributed by atoms with E-state index in [2.05, 4.69) is 32.7 Å². The smallest absolute Gasteiger partial charge is 0.283 e. The van der Waals surface area contributed by atoms with Crippen LogP contribution in [0.2, 0.25) is 0 Å². The van der Waals surface area contributed by atoms with Gasteiger partial charge in [-0.15, -0.1) is 16.8 Å². The molecule has 0 bridgehead atoms. The van der Waals surface area contributed by atoms with E-state index in [0.717, 1.165) is 12.0 Å². The van der Waals surface area contributed by atoms with Crippen LogP contribution in [-0.2, 0) is 13.0 Å². The average molecular weight is 391 g/mol. The van der Waals surface area contributed by atoms with Gasteiger partial charge in [0.1, 0.15) is 0 Å². The quantitative estimate of drug-likeness (QED) is 0.556. The molecule has 0 aliphatic carbocycles. The summed E-state index contributed by atoms with van der Waals surface area (Å²) < 4.78 is 22.6. The highest BCUT2D eigenvalue weighted by Gasteiger charge is 2.13. The molecule has 2 heterocycles. The van der Waals surface area contributed by atoms with Crippen LogP contribution in [-0.4, -0.2) is 17.3 Å². The molecule has 0 atom stereocenters. The molecule has 6 nitrogen and oxygen atoms in total. The Bertz CT molecular complexity index is 841. The van der Waals surface area contributed by atoms with Gasteiger partial charge < -0.3 is 18.3 Å². The zero-order valence-electron chi connectivity index (χ0n) is 13.0. The Kier molecular flexibility index (Phi) is 5.00. The summed E-state index contributed by atoms with van der Waals surface area (Å²) in [6.07, 6.45) is 2.60. The summed E-state index contributed by atoms with van der Waals surface area (Å²) in [4.78, 5) is 0. The molecular formula is C17H15BrN2O4. The highest BCUT2D eigenvalue weighted by atomic mass is 79.9. The number of furan rings is 1. The number of methoxy groups -OCH3 is 1. The molecule has 1 aromatic carbocycles. The van der Waals surface area contributed by atoms with E-state index in [4.69, 9.17) is 18.3 Å². The van der Waals surface area contributed by atoms with E-state index in [0.29, 0.717) is 33.7 Å². The molecular weight excluding hydrogens is 376 g/mol. The topological polar surface area (TPSA) is 70.5 Å². The van der Waals surface area contributed by atoms with Crippen LogP contribution in [0.1, 0.15) is 11.5 Å². The fourth-order valence-electron chi connectivity index (χ4n) is 2.11. The molecule has 0 saturated heterocycles. The maximum absolute atomic E-state index is 5.71. The maximum atomic E-state index is 5.71. The molecule has 24 heavy (non-hydrogen) atoms. The van der Waals surface area contributed by atoms with Crippen molar-refractivity contribution in [3.8, 4) is 23.1 Å². The molecule has 0 fully saturated rings. The second-order valence-electron chi connectivity index (χ2n) is 4.87. The van der Waals surface area contributed by atoms with Gasteiger partial charge >= 0.3 is 0 Å². The predicted octanol–water partition coefficient (Wildman–Crippen LogP) is 4.41. The second-order valence-corrected chi connectivity index (χ2v) is 5.65. The van der Waals surface area contributed by atoms with Gasteiger partial charge in [0.25, 0.3) is 11.8 Å². The van der Waals surface area contributed by atoms with Crippen molar-refractivity contribution in [2.24, 2.45) is 0 Å². The summed E-state index contributed by atoms with van der Waals surface area (Å²) in [6.45, 7) is 3.86. The van der Waals surface area contributed by atoms with Crippen LogP contribution < -0.4 is 9.47 Å². The first-order valence-corrected chi connectivity index (χ1v) is 7.97. The molecule has 0 N–H and O–H groups in total. The number of halogens is 1. The van der Waals surface area contributed by atoms with Crippen LogP contribution in [0.25, 0.3) is 11.7 Å². The Morgan fingerprint density at radius 1 is 1.17 bits per heavy atom. The van der Waals surface area contributed by atoms with Gasteiger partial charge in [-0.05, 0) is 52.2 Å². The van der Waals surface area contributed by atoms with Gasteiger partial charge in [0.2, 0.25) is 0 Å². The first-order valence-electron chi connectivity index (χ1n) is 7.18. The van der Waals surface area contributed by atoms with Crippen LogP contribution in [0, 0.1) is 0 Å². The summed E-state index contributed by atoms with van der Waals surface area (Å²) in [7, 11) is 1.60. The summed E-state index contributed by atoms with van der Waals surface area (Å²) in [6, 6.07) is 9.21. The van der Waals surface area contributed by atoms with E-state index in [1.165, 1.54) is 0 Å². The fraction of sp³-hybridized carbons (Fsp3) is 0.176. The number of hydrogen-bond donors (Lipinski definition) is 0. The lowest BCUT2D eigenvalue weighted by molar-refractivity contribution is 0.250. The molecule has 0 unspecified atom stereocenters. The van der Waals surface area contributed by atoms with E-state index in [1.54, 1.807) is 19.2 Å². The zero-order valence-corrected chi connectivity index (χ0v) is 14.6. The van der Waals surface area contributed by atoms with Crippen molar-refractivity contribution in [3.05, 3.63) is 59.1 Å². The van der Waals surface area contributed by atoms with Crippen LogP contribution in [0.3, 0.4) is 0 Å². The van der Waals surface area contributed by atoms with E-state index < -0.39 is 0 Å². The van der Waals surface area contributed by atoms with E-state index in [9.17, 15) is 0 Å². The third-order valence-corrected chi connectivity index (χ3v) is 3.64. The predicted molar refractivity (Wildman–Crippen MR) is 90.9 cm³/mol. The third-order valence-electron chi connectivity index (χ3n) is 3.21. The first kappa shape index (κ1) is 16.3. The van der Waals surface area contributed by atoms with Crippen LogP contribution in [0.15, 0.2) is 56.5 Å². The molecule has 0 aliphatic rings. The largest absolute Gasteiger partial charge is 0.493 e.